The number of nitrogens with one attached hydrogen (secondary N) is 1. The standard InChI is InChI=1S/C23H19Cl2N3O4/c1-32-17-7-5-12(25)10-16(17)28-20(29)18-15-3-2-8-27(15)23(19(18)21(28)30)13-9-11(24)4-6-14(13)26-22(23)31/h4-7,9-10,15,18-19H,2-3,8H2,1H3,(H,26,31)/t15-,18+,19-,23+/m0/s1. The summed E-state index contributed by atoms with van der Waals surface area (Å²) in [7, 11) is 1.47. The zero-order chi connectivity index (χ0) is 22.4. The van der Waals surface area contributed by atoms with E-state index in [1.807, 2.05) is 0 Å². The van der Waals surface area contributed by atoms with Crippen molar-refractivity contribution >= 4 is 52.3 Å². The predicted octanol–water partition coefficient (Wildman–Crippen LogP) is 3.43. The molecule has 0 aromatic heterocycles. The number of hydrogen-bond donors (Lipinski definition) is 1. The normalized spacial score (nSPS) is 30.7. The van der Waals surface area contributed by atoms with Crippen molar-refractivity contribution in [2.45, 2.75) is 24.4 Å². The van der Waals surface area contributed by atoms with Crippen LogP contribution in [0.1, 0.15) is 18.4 Å². The van der Waals surface area contributed by atoms with Gasteiger partial charge < -0.3 is 10.1 Å². The molecule has 32 heavy (non-hydrogen) atoms. The maximum Gasteiger partial charge on any atom is 0.250 e. The van der Waals surface area contributed by atoms with E-state index < -0.39 is 23.3 Å². The van der Waals surface area contributed by atoms with Gasteiger partial charge in [-0.2, -0.15) is 0 Å². The van der Waals surface area contributed by atoms with Crippen LogP contribution in [0.5, 0.6) is 5.75 Å². The van der Waals surface area contributed by atoms with Crippen molar-refractivity contribution in [1.82, 2.24) is 4.90 Å². The van der Waals surface area contributed by atoms with Gasteiger partial charge in [-0.25, -0.2) is 4.90 Å². The van der Waals surface area contributed by atoms with Gasteiger partial charge in [0.05, 0.1) is 24.6 Å². The Balaban J connectivity index is 1.57. The van der Waals surface area contributed by atoms with Gasteiger partial charge in [-0.15, -0.1) is 0 Å². The average molecular weight is 472 g/mol. The number of fused-ring (bicyclic) bond motifs is 7. The van der Waals surface area contributed by atoms with Gasteiger partial charge in [0.15, 0.2) is 0 Å². The summed E-state index contributed by atoms with van der Waals surface area (Å²) < 4.78 is 5.42. The number of rotatable bonds is 2. The lowest BCUT2D eigenvalue weighted by Gasteiger charge is -2.36. The molecule has 3 amide bonds. The van der Waals surface area contributed by atoms with Crippen LogP contribution in [0.25, 0.3) is 0 Å². The third-order valence-electron chi connectivity index (χ3n) is 7.34. The lowest BCUT2D eigenvalue weighted by molar-refractivity contribution is -0.135. The van der Waals surface area contributed by atoms with Crippen LogP contribution in [0.15, 0.2) is 36.4 Å². The molecule has 3 saturated heterocycles. The Labute approximate surface area is 194 Å². The Morgan fingerprint density at radius 1 is 1.06 bits per heavy atom. The number of hydrogen-bond acceptors (Lipinski definition) is 5. The Morgan fingerprint density at radius 2 is 1.81 bits per heavy atom. The molecule has 2 aromatic carbocycles. The van der Waals surface area contributed by atoms with Gasteiger partial charge in [0.25, 0.3) is 0 Å². The molecule has 3 fully saturated rings. The second kappa shape index (κ2) is 6.70. The van der Waals surface area contributed by atoms with E-state index in [-0.39, 0.29) is 17.9 Å². The van der Waals surface area contributed by atoms with E-state index in [0.29, 0.717) is 39.3 Å². The van der Waals surface area contributed by atoms with Gasteiger partial charge in [-0.3, -0.25) is 19.3 Å². The molecule has 1 spiro atoms. The molecule has 6 rings (SSSR count). The first kappa shape index (κ1) is 20.0. The monoisotopic (exact) mass is 471 g/mol. The first-order valence-electron chi connectivity index (χ1n) is 10.5. The Hall–Kier alpha value is -2.61. The number of imide groups is 1. The van der Waals surface area contributed by atoms with E-state index in [1.54, 1.807) is 36.4 Å². The number of carbonyl (C=O) groups excluding carboxylic acids is 3. The van der Waals surface area contributed by atoms with Crippen molar-refractivity contribution in [3.05, 3.63) is 52.0 Å². The molecule has 4 heterocycles. The van der Waals surface area contributed by atoms with E-state index in [1.165, 1.54) is 7.11 Å². The molecular weight excluding hydrogens is 453 g/mol. The topological polar surface area (TPSA) is 78.9 Å². The molecule has 164 valence electrons. The van der Waals surface area contributed by atoms with Gasteiger partial charge in [0.2, 0.25) is 17.7 Å². The van der Waals surface area contributed by atoms with Gasteiger partial charge in [0.1, 0.15) is 11.3 Å². The van der Waals surface area contributed by atoms with Gasteiger partial charge >= 0.3 is 0 Å². The lowest BCUT2D eigenvalue weighted by atomic mass is 9.75. The summed E-state index contributed by atoms with van der Waals surface area (Å²) in [6.07, 6.45) is 1.59. The average Bonchev–Trinajstić information content (AvgIpc) is 3.46. The number of halogens is 2. The summed E-state index contributed by atoms with van der Waals surface area (Å²) in [5.74, 6) is -2.15. The summed E-state index contributed by atoms with van der Waals surface area (Å²) in [6, 6.07) is 9.81. The zero-order valence-corrected chi connectivity index (χ0v) is 18.6. The van der Waals surface area contributed by atoms with Crippen LogP contribution in [0, 0.1) is 11.8 Å². The minimum absolute atomic E-state index is 0.206. The Morgan fingerprint density at radius 3 is 2.59 bits per heavy atom. The van der Waals surface area contributed by atoms with E-state index in [9.17, 15) is 14.4 Å². The van der Waals surface area contributed by atoms with E-state index in [4.69, 9.17) is 27.9 Å². The summed E-state index contributed by atoms with van der Waals surface area (Å²) in [5, 5.41) is 3.79. The van der Waals surface area contributed by atoms with Crippen LogP contribution < -0.4 is 15.0 Å². The summed E-state index contributed by atoms with van der Waals surface area (Å²) in [4.78, 5) is 44.6. The molecule has 4 aliphatic rings. The van der Waals surface area contributed by atoms with Crippen LogP contribution in [-0.2, 0) is 19.9 Å². The number of ether oxygens (including phenoxy) is 1. The molecule has 0 aliphatic carbocycles. The van der Waals surface area contributed by atoms with Crippen LogP contribution in [0.4, 0.5) is 11.4 Å². The van der Waals surface area contributed by atoms with Crippen molar-refractivity contribution in [2.24, 2.45) is 11.8 Å². The fourth-order valence-electron chi connectivity index (χ4n) is 6.25. The van der Waals surface area contributed by atoms with Crippen molar-refractivity contribution in [2.75, 3.05) is 23.9 Å². The molecule has 2 aromatic rings. The van der Waals surface area contributed by atoms with E-state index in [0.717, 1.165) is 17.7 Å². The number of methoxy groups -OCH3 is 1. The number of anilines is 2. The molecule has 0 saturated carbocycles. The van der Waals surface area contributed by atoms with E-state index >= 15 is 0 Å². The Kier molecular flexibility index (Phi) is 4.19. The lowest BCUT2D eigenvalue weighted by Crippen LogP contribution is -2.54. The van der Waals surface area contributed by atoms with Crippen LogP contribution in [0.3, 0.4) is 0 Å². The van der Waals surface area contributed by atoms with Crippen LogP contribution in [-0.4, -0.2) is 42.3 Å². The fraction of sp³-hybridized carbons (Fsp3) is 0.348. The van der Waals surface area contributed by atoms with E-state index in [2.05, 4.69) is 10.2 Å². The first-order chi connectivity index (χ1) is 15.4. The van der Waals surface area contributed by atoms with Crippen molar-refractivity contribution < 1.29 is 19.1 Å². The largest absolute Gasteiger partial charge is 0.495 e. The quantitative estimate of drug-likeness (QED) is 0.678. The molecule has 7 nitrogen and oxygen atoms in total. The molecule has 0 bridgehead atoms. The summed E-state index contributed by atoms with van der Waals surface area (Å²) in [6.45, 7) is 0.637. The number of carbonyl (C=O) groups is 3. The number of amides is 3. The fourth-order valence-corrected chi connectivity index (χ4v) is 6.59. The molecular formula is C23H19Cl2N3O4. The maximum atomic E-state index is 14.0. The smallest absolute Gasteiger partial charge is 0.250 e. The molecule has 9 heteroatoms. The van der Waals surface area contributed by atoms with Crippen LogP contribution in [0.2, 0.25) is 10.0 Å². The number of nitrogens with zero attached hydrogens (tertiary/aromatic N) is 2. The van der Waals surface area contributed by atoms with Crippen molar-refractivity contribution in [3.63, 3.8) is 0 Å². The number of benzene rings is 2. The SMILES string of the molecule is COc1ccc(Cl)cc1N1C(=O)[C@H]2[C@@H](C1=O)[C@]1(C(=O)Nc3ccc(Cl)cc31)N1CCC[C@@H]21. The molecule has 1 N–H and O–H groups in total. The Bertz CT molecular complexity index is 1220. The third-order valence-corrected chi connectivity index (χ3v) is 7.81. The molecule has 4 aliphatic heterocycles. The summed E-state index contributed by atoms with van der Waals surface area (Å²) in [5.41, 5.74) is 0.327. The van der Waals surface area contributed by atoms with Crippen LogP contribution >= 0.6 is 23.2 Å². The van der Waals surface area contributed by atoms with Crippen molar-refractivity contribution in [3.8, 4) is 5.75 Å². The maximum absolute atomic E-state index is 14.0. The zero-order valence-electron chi connectivity index (χ0n) is 17.1. The molecule has 0 unspecified atom stereocenters. The highest BCUT2D eigenvalue weighted by atomic mass is 35.5. The van der Waals surface area contributed by atoms with Gasteiger partial charge in [0, 0.05) is 27.3 Å². The highest BCUT2D eigenvalue weighted by Gasteiger charge is 2.74. The minimum atomic E-state index is -1.26. The highest BCUT2D eigenvalue weighted by molar-refractivity contribution is 6.32. The second-order valence-electron chi connectivity index (χ2n) is 8.64. The van der Waals surface area contributed by atoms with Gasteiger partial charge in [-0.1, -0.05) is 23.2 Å². The van der Waals surface area contributed by atoms with Gasteiger partial charge in [-0.05, 0) is 55.8 Å². The highest BCUT2D eigenvalue weighted by Crippen LogP contribution is 2.61. The first-order valence-corrected chi connectivity index (χ1v) is 11.2. The predicted molar refractivity (Wildman–Crippen MR) is 119 cm³/mol. The van der Waals surface area contributed by atoms with Crippen molar-refractivity contribution in [1.29, 1.82) is 0 Å². The molecule has 0 radical (unpaired) electrons. The minimum Gasteiger partial charge on any atom is -0.495 e. The summed E-state index contributed by atoms with van der Waals surface area (Å²) >= 11 is 12.5. The third kappa shape index (κ3) is 2.28. The second-order valence-corrected chi connectivity index (χ2v) is 9.52. The molecule has 4 atom stereocenters.